The lowest BCUT2D eigenvalue weighted by Gasteiger charge is -2.21. The van der Waals surface area contributed by atoms with E-state index in [1.807, 2.05) is 18.2 Å². The van der Waals surface area contributed by atoms with Gasteiger partial charge in [-0.2, -0.15) is 0 Å². The van der Waals surface area contributed by atoms with Crippen LogP contribution in [0.1, 0.15) is 24.7 Å². The largest absolute Gasteiger partial charge is 0.481 e. The van der Waals surface area contributed by atoms with Crippen molar-refractivity contribution >= 4 is 34.9 Å². The van der Waals surface area contributed by atoms with Crippen LogP contribution in [0.5, 0.6) is 0 Å². The molecule has 1 aromatic carbocycles. The van der Waals surface area contributed by atoms with Crippen LogP contribution in [0.2, 0.25) is 0 Å². The summed E-state index contributed by atoms with van der Waals surface area (Å²) in [5.41, 5.74) is -0.911. The molecule has 1 N–H and O–H groups in total. The molecule has 0 spiro atoms. The Bertz CT molecular complexity index is 413. The van der Waals surface area contributed by atoms with Crippen LogP contribution in [-0.4, -0.2) is 25.3 Å². The van der Waals surface area contributed by atoms with E-state index in [1.165, 1.54) is 5.56 Å². The van der Waals surface area contributed by atoms with Gasteiger partial charge in [0.1, 0.15) is 0 Å². The van der Waals surface area contributed by atoms with Gasteiger partial charge in [0, 0.05) is 26.4 Å². The van der Waals surface area contributed by atoms with E-state index in [4.69, 9.17) is 30.8 Å². The fourth-order valence-corrected chi connectivity index (χ4v) is 5.33. The Labute approximate surface area is 123 Å². The summed E-state index contributed by atoms with van der Waals surface area (Å²) in [6.45, 7) is 3.19. The zero-order valence-electron chi connectivity index (χ0n) is 11.4. The zero-order chi connectivity index (χ0) is 14.9. The molecule has 1 rings (SSSR count). The lowest BCUT2D eigenvalue weighted by atomic mass is 10.2. The number of hydrogen-bond donors (Lipinski definition) is 1. The Morgan fingerprint density at radius 1 is 1.32 bits per heavy atom. The Kier molecular flexibility index (Phi) is 9.31. The summed E-state index contributed by atoms with van der Waals surface area (Å²) in [7, 11) is 3.21. The number of benzene rings is 1. The number of carbonyl (C=O) groups is 1. The molecule has 0 aliphatic heterocycles. The van der Waals surface area contributed by atoms with Crippen LogP contribution >= 0.6 is 17.1 Å². The Morgan fingerprint density at radius 2 is 1.74 bits per heavy atom. The second-order valence-electron chi connectivity index (χ2n) is 3.49. The van der Waals surface area contributed by atoms with E-state index in [-0.39, 0.29) is 5.25 Å². The molecule has 1 unspecified atom stereocenters. The standard InChI is InChI=1S/C10H15O2PS2.C2H4O2/c1-9(10-7-5-4-6-8-10)15-13(14,11-2)12-3;1-2(3)4/h4-9H,1-3H3;1H3,(H,3,4). The van der Waals surface area contributed by atoms with Gasteiger partial charge in [0.05, 0.1) is 0 Å². The minimum Gasteiger partial charge on any atom is -0.481 e. The SMILES string of the molecule is CC(=O)O.COP(=S)(OC)SC(C)c1ccccc1. The summed E-state index contributed by atoms with van der Waals surface area (Å²) in [6, 6.07) is 10.2. The molecule has 0 radical (unpaired) electrons. The van der Waals surface area contributed by atoms with Crippen LogP contribution < -0.4 is 0 Å². The first-order chi connectivity index (χ1) is 8.84. The first-order valence-corrected chi connectivity index (χ1v) is 9.61. The molecule has 0 aliphatic carbocycles. The van der Waals surface area contributed by atoms with Crippen molar-refractivity contribution in [1.82, 2.24) is 0 Å². The topological polar surface area (TPSA) is 55.8 Å². The summed E-state index contributed by atoms with van der Waals surface area (Å²) in [5, 5.41) is 7.71. The minimum atomic E-state index is -2.15. The normalized spacial score (nSPS) is 12.2. The highest BCUT2D eigenvalue weighted by molar-refractivity contribution is 8.67. The van der Waals surface area contributed by atoms with E-state index in [2.05, 4.69) is 19.1 Å². The predicted molar refractivity (Wildman–Crippen MR) is 84.1 cm³/mol. The first kappa shape index (κ1) is 18.6. The summed E-state index contributed by atoms with van der Waals surface area (Å²) in [4.78, 5) is 9.00. The van der Waals surface area contributed by atoms with Gasteiger partial charge in [0.15, 0.2) is 0 Å². The molecule has 108 valence electrons. The van der Waals surface area contributed by atoms with Crippen molar-refractivity contribution in [2.24, 2.45) is 0 Å². The van der Waals surface area contributed by atoms with Crippen molar-refractivity contribution in [3.05, 3.63) is 35.9 Å². The van der Waals surface area contributed by atoms with E-state index in [9.17, 15) is 0 Å². The second kappa shape index (κ2) is 9.50. The van der Waals surface area contributed by atoms with Gasteiger partial charge in [-0.3, -0.25) is 4.79 Å². The summed E-state index contributed by atoms with van der Waals surface area (Å²) >= 11 is 6.89. The molecule has 0 saturated heterocycles. The number of aliphatic carboxylic acids is 1. The molecule has 4 nitrogen and oxygen atoms in total. The van der Waals surface area contributed by atoms with E-state index >= 15 is 0 Å². The van der Waals surface area contributed by atoms with Gasteiger partial charge in [-0.05, 0) is 24.3 Å². The monoisotopic (exact) mass is 322 g/mol. The average Bonchev–Trinajstić information content (AvgIpc) is 2.39. The second-order valence-corrected chi connectivity index (χ2v) is 10.2. The maximum atomic E-state index is 9.00. The fourth-order valence-electron chi connectivity index (χ4n) is 1.14. The van der Waals surface area contributed by atoms with Crippen molar-refractivity contribution in [2.45, 2.75) is 19.1 Å². The van der Waals surface area contributed by atoms with Gasteiger partial charge in [0.25, 0.3) is 5.97 Å². The van der Waals surface area contributed by atoms with E-state index in [0.717, 1.165) is 6.92 Å². The highest BCUT2D eigenvalue weighted by Crippen LogP contribution is 2.64. The minimum absolute atomic E-state index is 0.289. The van der Waals surface area contributed by atoms with Crippen molar-refractivity contribution < 1.29 is 18.9 Å². The Morgan fingerprint density at radius 3 is 2.11 bits per heavy atom. The van der Waals surface area contributed by atoms with Gasteiger partial charge in [-0.25, -0.2) is 0 Å². The molecule has 1 atom stereocenters. The van der Waals surface area contributed by atoms with Crippen molar-refractivity contribution in [1.29, 1.82) is 0 Å². The molecule has 0 fully saturated rings. The molecule has 0 amide bonds. The molecule has 19 heavy (non-hydrogen) atoms. The van der Waals surface area contributed by atoms with Crippen LogP contribution in [0.3, 0.4) is 0 Å². The highest BCUT2D eigenvalue weighted by atomic mass is 32.9. The number of rotatable bonds is 5. The van der Waals surface area contributed by atoms with Gasteiger partial charge >= 0.3 is 0 Å². The van der Waals surface area contributed by atoms with Gasteiger partial charge in [-0.15, -0.1) is 0 Å². The lowest BCUT2D eigenvalue weighted by molar-refractivity contribution is -0.134. The van der Waals surface area contributed by atoms with Crippen LogP contribution in [0.4, 0.5) is 0 Å². The Hall–Kier alpha value is -0.390. The summed E-state index contributed by atoms with van der Waals surface area (Å²) in [6.07, 6.45) is 0. The lowest BCUT2D eigenvalue weighted by Crippen LogP contribution is -1.90. The van der Waals surface area contributed by atoms with Crippen molar-refractivity contribution in [3.8, 4) is 0 Å². The highest BCUT2D eigenvalue weighted by Gasteiger charge is 2.21. The third-order valence-corrected chi connectivity index (χ3v) is 8.03. The number of carboxylic acids is 1. The molecule has 0 heterocycles. The third-order valence-electron chi connectivity index (χ3n) is 2.00. The van der Waals surface area contributed by atoms with Gasteiger partial charge < -0.3 is 14.2 Å². The molecule has 1 aromatic rings. The molecule has 0 bridgehead atoms. The predicted octanol–water partition coefficient (Wildman–Crippen LogP) is 4.09. The zero-order valence-corrected chi connectivity index (χ0v) is 13.9. The smallest absolute Gasteiger partial charge is 0.300 e. The van der Waals surface area contributed by atoms with Crippen molar-refractivity contribution in [3.63, 3.8) is 0 Å². The third kappa shape index (κ3) is 8.39. The van der Waals surface area contributed by atoms with Crippen molar-refractivity contribution in [2.75, 3.05) is 14.2 Å². The maximum Gasteiger partial charge on any atom is 0.300 e. The van der Waals surface area contributed by atoms with Crippen LogP contribution in [0.25, 0.3) is 0 Å². The molecular formula is C12H19O4PS2. The van der Waals surface area contributed by atoms with Crippen LogP contribution in [0.15, 0.2) is 30.3 Å². The average molecular weight is 322 g/mol. The van der Waals surface area contributed by atoms with Crippen LogP contribution in [-0.2, 0) is 25.6 Å². The maximum absolute atomic E-state index is 9.00. The van der Waals surface area contributed by atoms with Gasteiger partial charge in [0.2, 0.25) is 5.69 Å². The van der Waals surface area contributed by atoms with Crippen LogP contribution in [0, 0.1) is 0 Å². The van der Waals surface area contributed by atoms with E-state index in [0.29, 0.717) is 0 Å². The summed E-state index contributed by atoms with van der Waals surface area (Å²) in [5.74, 6) is -0.833. The van der Waals surface area contributed by atoms with E-state index < -0.39 is 11.7 Å². The molecule has 0 aliphatic rings. The van der Waals surface area contributed by atoms with E-state index in [1.54, 1.807) is 25.6 Å². The molecule has 0 saturated carbocycles. The summed E-state index contributed by atoms with van der Waals surface area (Å²) < 4.78 is 10.5. The number of hydrogen-bond acceptors (Lipinski definition) is 5. The molecule has 7 heteroatoms. The fraction of sp³-hybridized carbons (Fsp3) is 0.417. The number of carboxylic acid groups (broad SMARTS) is 1. The van der Waals surface area contributed by atoms with Gasteiger partial charge in [-0.1, -0.05) is 41.7 Å². The quantitative estimate of drug-likeness (QED) is 0.824. The molecule has 0 aromatic heterocycles. The first-order valence-electron chi connectivity index (χ1n) is 5.49. The molecular weight excluding hydrogens is 303 g/mol. The Balaban J connectivity index is 0.000000711.